The second-order valence-electron chi connectivity index (χ2n) is 5.20. The van der Waals surface area contributed by atoms with Crippen molar-refractivity contribution < 1.29 is 9.18 Å². The highest BCUT2D eigenvalue weighted by atomic mass is 19.1. The van der Waals surface area contributed by atoms with Crippen LogP contribution in [0.3, 0.4) is 0 Å². The Balaban J connectivity index is 1.55. The highest BCUT2D eigenvalue weighted by molar-refractivity contribution is 5.91. The minimum absolute atomic E-state index is 0.180. The summed E-state index contributed by atoms with van der Waals surface area (Å²) in [5.74, 6) is -0.382. The van der Waals surface area contributed by atoms with Crippen molar-refractivity contribution in [2.45, 2.75) is 6.54 Å². The molecule has 0 fully saturated rings. The Morgan fingerprint density at radius 1 is 1.20 bits per heavy atom. The van der Waals surface area contributed by atoms with Gasteiger partial charge >= 0.3 is 0 Å². The maximum atomic E-state index is 12.9. The first-order valence-corrected chi connectivity index (χ1v) is 7.43. The number of amides is 1. The normalized spacial score (nSPS) is 10.9. The lowest BCUT2D eigenvalue weighted by Gasteiger charge is -2.01. The van der Waals surface area contributed by atoms with Gasteiger partial charge < -0.3 is 11.1 Å². The molecule has 8 heteroatoms. The fraction of sp³-hybridized carbons (Fsp3) is 0.0588. The summed E-state index contributed by atoms with van der Waals surface area (Å²) in [7, 11) is 0. The van der Waals surface area contributed by atoms with Gasteiger partial charge in [-0.25, -0.2) is 19.0 Å². The van der Waals surface area contributed by atoms with Crippen LogP contribution in [0.25, 0.3) is 11.8 Å². The molecule has 0 bridgehead atoms. The SMILES string of the molecule is Nc1ncc(C=CC(=O)NCc2cnn(-c3ccc(F)cc3)c2)cn1. The van der Waals surface area contributed by atoms with E-state index in [1.807, 2.05) is 0 Å². The maximum Gasteiger partial charge on any atom is 0.244 e. The van der Waals surface area contributed by atoms with E-state index in [1.165, 1.54) is 30.6 Å². The van der Waals surface area contributed by atoms with Crippen LogP contribution in [0.15, 0.2) is 55.1 Å². The molecule has 3 rings (SSSR count). The van der Waals surface area contributed by atoms with Gasteiger partial charge in [0.15, 0.2) is 0 Å². The number of nitrogens with zero attached hydrogens (tertiary/aromatic N) is 4. The maximum absolute atomic E-state index is 12.9. The van der Waals surface area contributed by atoms with Crippen molar-refractivity contribution in [2.24, 2.45) is 0 Å². The summed E-state index contributed by atoms with van der Waals surface area (Å²) in [5.41, 5.74) is 7.63. The highest BCUT2D eigenvalue weighted by Gasteiger charge is 2.03. The monoisotopic (exact) mass is 338 g/mol. The number of hydrogen-bond donors (Lipinski definition) is 2. The van der Waals surface area contributed by atoms with E-state index < -0.39 is 0 Å². The molecule has 2 heterocycles. The Labute approximate surface area is 143 Å². The predicted molar refractivity (Wildman–Crippen MR) is 90.8 cm³/mol. The zero-order valence-corrected chi connectivity index (χ0v) is 13.1. The molecule has 0 saturated carbocycles. The first-order chi connectivity index (χ1) is 12.1. The van der Waals surface area contributed by atoms with Crippen LogP contribution < -0.4 is 11.1 Å². The van der Waals surface area contributed by atoms with Gasteiger partial charge in [-0.1, -0.05) is 0 Å². The van der Waals surface area contributed by atoms with E-state index in [2.05, 4.69) is 20.4 Å². The summed E-state index contributed by atoms with van der Waals surface area (Å²) in [6.07, 6.45) is 9.44. The topological polar surface area (TPSA) is 98.7 Å². The number of halogens is 1. The molecule has 2 aromatic heterocycles. The van der Waals surface area contributed by atoms with E-state index in [0.29, 0.717) is 12.1 Å². The van der Waals surface area contributed by atoms with Crippen molar-refractivity contribution in [3.05, 3.63) is 72.1 Å². The molecular weight excluding hydrogens is 323 g/mol. The Kier molecular flexibility index (Phi) is 4.79. The molecule has 0 saturated heterocycles. The molecule has 0 aliphatic carbocycles. The molecule has 7 nitrogen and oxygen atoms in total. The number of nitrogen functional groups attached to an aromatic ring is 1. The van der Waals surface area contributed by atoms with Gasteiger partial charge in [0.1, 0.15) is 5.82 Å². The zero-order valence-electron chi connectivity index (χ0n) is 13.1. The molecule has 3 aromatic rings. The molecule has 0 radical (unpaired) electrons. The van der Waals surface area contributed by atoms with E-state index in [0.717, 1.165) is 11.3 Å². The number of benzene rings is 1. The van der Waals surface area contributed by atoms with Gasteiger partial charge in [0.2, 0.25) is 11.9 Å². The van der Waals surface area contributed by atoms with Crippen molar-refractivity contribution in [3.8, 4) is 5.69 Å². The number of hydrogen-bond acceptors (Lipinski definition) is 5. The van der Waals surface area contributed by atoms with Gasteiger partial charge in [0.05, 0.1) is 11.9 Å². The van der Waals surface area contributed by atoms with Gasteiger partial charge in [0.25, 0.3) is 0 Å². The van der Waals surface area contributed by atoms with Crippen molar-refractivity contribution in [1.82, 2.24) is 25.1 Å². The average Bonchev–Trinajstić information content (AvgIpc) is 3.09. The lowest BCUT2D eigenvalue weighted by Crippen LogP contribution is -2.19. The first kappa shape index (κ1) is 16.3. The molecule has 0 unspecified atom stereocenters. The number of carbonyl (C=O) groups is 1. The number of nitrogens with two attached hydrogens (primary N) is 1. The number of rotatable bonds is 5. The molecule has 1 amide bonds. The van der Waals surface area contributed by atoms with Gasteiger partial charge in [-0.2, -0.15) is 5.10 Å². The van der Waals surface area contributed by atoms with Crippen LogP contribution in [0.1, 0.15) is 11.1 Å². The van der Waals surface area contributed by atoms with Gasteiger partial charge in [-0.05, 0) is 30.3 Å². The number of carbonyl (C=O) groups excluding carboxylic acids is 1. The molecule has 0 spiro atoms. The summed E-state index contributed by atoms with van der Waals surface area (Å²) in [4.78, 5) is 19.5. The summed E-state index contributed by atoms with van der Waals surface area (Å²) in [6, 6.07) is 5.98. The third-order valence-corrected chi connectivity index (χ3v) is 3.31. The third kappa shape index (κ3) is 4.47. The van der Waals surface area contributed by atoms with Crippen LogP contribution in [0.2, 0.25) is 0 Å². The summed E-state index contributed by atoms with van der Waals surface area (Å²) < 4.78 is 14.5. The average molecular weight is 338 g/mol. The summed E-state index contributed by atoms with van der Waals surface area (Å²) >= 11 is 0. The molecular formula is C17H15FN6O. The highest BCUT2D eigenvalue weighted by Crippen LogP contribution is 2.09. The lowest BCUT2D eigenvalue weighted by atomic mass is 10.3. The van der Waals surface area contributed by atoms with Crippen molar-refractivity contribution in [3.63, 3.8) is 0 Å². The molecule has 0 atom stereocenters. The largest absolute Gasteiger partial charge is 0.368 e. The minimum Gasteiger partial charge on any atom is -0.368 e. The van der Waals surface area contributed by atoms with Crippen molar-refractivity contribution in [1.29, 1.82) is 0 Å². The fourth-order valence-corrected chi connectivity index (χ4v) is 2.04. The smallest absolute Gasteiger partial charge is 0.244 e. The summed E-state index contributed by atoms with van der Waals surface area (Å²) in [6.45, 7) is 0.322. The standard InChI is InChI=1S/C17H15FN6O/c18-14-2-4-15(5-3-14)24-11-13(10-23-24)9-20-16(25)6-1-12-7-21-17(19)22-8-12/h1-8,10-11H,9H2,(H,20,25)(H2,19,21,22). The second-order valence-corrected chi connectivity index (χ2v) is 5.20. The van der Waals surface area contributed by atoms with Gasteiger partial charge in [-0.3, -0.25) is 4.79 Å². The quantitative estimate of drug-likeness (QED) is 0.690. The Bertz CT molecular complexity index is 886. The van der Waals surface area contributed by atoms with E-state index in [-0.39, 0.29) is 17.7 Å². The Morgan fingerprint density at radius 3 is 2.64 bits per heavy atom. The van der Waals surface area contributed by atoms with Crippen LogP contribution in [0, 0.1) is 5.82 Å². The van der Waals surface area contributed by atoms with Crippen LogP contribution >= 0.6 is 0 Å². The molecule has 3 N–H and O–H groups in total. The Hall–Kier alpha value is -3.55. The predicted octanol–water partition coefficient (Wildman–Crippen LogP) is 1.71. The second kappa shape index (κ2) is 7.35. The van der Waals surface area contributed by atoms with Crippen LogP contribution in [-0.2, 0) is 11.3 Å². The molecule has 0 aliphatic rings. The lowest BCUT2D eigenvalue weighted by molar-refractivity contribution is -0.116. The molecule has 25 heavy (non-hydrogen) atoms. The number of aromatic nitrogens is 4. The Morgan fingerprint density at radius 2 is 1.92 bits per heavy atom. The molecule has 126 valence electrons. The van der Waals surface area contributed by atoms with Gasteiger partial charge in [0, 0.05) is 42.3 Å². The fourth-order valence-electron chi connectivity index (χ4n) is 2.04. The zero-order chi connectivity index (χ0) is 17.6. The van der Waals surface area contributed by atoms with Crippen LogP contribution in [0.5, 0.6) is 0 Å². The minimum atomic E-state index is -0.304. The van der Waals surface area contributed by atoms with Crippen molar-refractivity contribution >= 4 is 17.9 Å². The molecule has 1 aromatic carbocycles. The van der Waals surface area contributed by atoms with Crippen LogP contribution in [0.4, 0.5) is 10.3 Å². The van der Waals surface area contributed by atoms with E-state index >= 15 is 0 Å². The van der Waals surface area contributed by atoms with E-state index in [1.54, 1.807) is 35.3 Å². The van der Waals surface area contributed by atoms with Crippen molar-refractivity contribution in [2.75, 3.05) is 5.73 Å². The number of anilines is 1. The summed E-state index contributed by atoms with van der Waals surface area (Å²) in [5, 5.41) is 6.94. The van der Waals surface area contributed by atoms with E-state index in [4.69, 9.17) is 5.73 Å². The molecule has 0 aliphatic heterocycles. The van der Waals surface area contributed by atoms with Gasteiger partial charge in [-0.15, -0.1) is 0 Å². The van der Waals surface area contributed by atoms with E-state index in [9.17, 15) is 9.18 Å². The number of nitrogens with one attached hydrogen (secondary N) is 1. The van der Waals surface area contributed by atoms with Crippen LogP contribution in [-0.4, -0.2) is 25.7 Å². The third-order valence-electron chi connectivity index (χ3n) is 3.31. The first-order valence-electron chi connectivity index (χ1n) is 7.43.